The number of methoxy groups -OCH3 is 1. The van der Waals surface area contributed by atoms with Crippen LogP contribution >= 0.6 is 11.3 Å². The molecule has 0 fully saturated rings. The number of aromatic nitrogens is 1. The minimum absolute atomic E-state index is 0.143. The van der Waals surface area contributed by atoms with Gasteiger partial charge in [0.15, 0.2) is 33.7 Å². The Hall–Kier alpha value is -3.52. The van der Waals surface area contributed by atoms with E-state index < -0.39 is 6.10 Å². The van der Waals surface area contributed by atoms with Gasteiger partial charge in [0, 0.05) is 10.8 Å². The smallest absolute Gasteiger partial charge is 0.270 e. The summed E-state index contributed by atoms with van der Waals surface area (Å²) in [5.41, 5.74) is 1.30. The Bertz CT molecular complexity index is 1200. The van der Waals surface area contributed by atoms with E-state index in [-0.39, 0.29) is 12.5 Å². The zero-order valence-corrected chi connectivity index (χ0v) is 16.2. The molecule has 146 valence electrons. The van der Waals surface area contributed by atoms with E-state index in [1.54, 1.807) is 19.2 Å². The van der Waals surface area contributed by atoms with Gasteiger partial charge in [0.25, 0.3) is 5.91 Å². The molecular formula is C21H16N2O5S. The molecule has 2 aromatic heterocycles. The van der Waals surface area contributed by atoms with Gasteiger partial charge < -0.3 is 18.6 Å². The zero-order chi connectivity index (χ0) is 19.8. The lowest BCUT2D eigenvalue weighted by Crippen LogP contribution is -2.40. The Labute approximate surface area is 169 Å². The quantitative estimate of drug-likeness (QED) is 0.541. The highest BCUT2D eigenvalue weighted by Gasteiger charge is 2.28. The van der Waals surface area contributed by atoms with Crippen LogP contribution in [-0.2, 0) is 4.79 Å². The molecular weight excluding hydrogens is 392 g/mol. The molecule has 0 saturated carbocycles. The molecule has 1 aliphatic rings. The monoisotopic (exact) mass is 408 g/mol. The van der Waals surface area contributed by atoms with E-state index >= 15 is 0 Å². The van der Waals surface area contributed by atoms with Crippen molar-refractivity contribution < 1.29 is 23.4 Å². The molecule has 0 saturated heterocycles. The standard InChI is InChI=1S/C21H16N2O5S/c1-25-16-8-4-5-12-9-17(28-19(12)16)13-11-29-21(22-13)23-20(24)18-10-26-14-6-2-3-7-15(14)27-18/h2-9,11,18H,10H2,1H3,(H,22,23,24)/t18-/m0/s1. The Morgan fingerprint density at radius 3 is 2.93 bits per heavy atom. The van der Waals surface area contributed by atoms with Crippen molar-refractivity contribution in [2.45, 2.75) is 6.10 Å². The second-order valence-corrected chi connectivity index (χ2v) is 7.24. The third kappa shape index (κ3) is 3.27. The van der Waals surface area contributed by atoms with Crippen molar-refractivity contribution >= 4 is 33.3 Å². The number of anilines is 1. The summed E-state index contributed by atoms with van der Waals surface area (Å²) in [5.74, 6) is 2.13. The van der Waals surface area contributed by atoms with Crippen molar-refractivity contribution in [1.82, 2.24) is 4.98 Å². The molecule has 1 N–H and O–H groups in total. The number of para-hydroxylation sites is 3. The largest absolute Gasteiger partial charge is 0.493 e. The van der Waals surface area contributed by atoms with Gasteiger partial charge in [0.05, 0.1) is 7.11 Å². The summed E-state index contributed by atoms with van der Waals surface area (Å²) in [6.07, 6.45) is -0.743. The average Bonchev–Trinajstić information content (AvgIpc) is 3.40. The number of nitrogens with zero attached hydrogens (tertiary/aromatic N) is 1. The Kier molecular flexibility index (Phi) is 4.33. The van der Waals surface area contributed by atoms with Crippen molar-refractivity contribution in [3.63, 3.8) is 0 Å². The van der Waals surface area contributed by atoms with Gasteiger partial charge in [0.1, 0.15) is 12.3 Å². The molecule has 4 aromatic rings. The maximum absolute atomic E-state index is 12.6. The van der Waals surface area contributed by atoms with Gasteiger partial charge in [-0.25, -0.2) is 4.98 Å². The second-order valence-electron chi connectivity index (χ2n) is 6.38. The number of furan rings is 1. The SMILES string of the molecule is COc1cccc2cc(-c3csc(NC(=O)[C@@H]4COc5ccccc5O4)n3)oc12. The average molecular weight is 408 g/mol. The first-order valence-electron chi connectivity index (χ1n) is 8.93. The van der Waals surface area contributed by atoms with Gasteiger partial charge in [-0.15, -0.1) is 11.3 Å². The molecule has 8 heteroatoms. The van der Waals surface area contributed by atoms with Crippen LogP contribution in [0.15, 0.2) is 58.3 Å². The van der Waals surface area contributed by atoms with E-state index in [1.165, 1.54) is 11.3 Å². The van der Waals surface area contributed by atoms with Crippen LogP contribution in [0.25, 0.3) is 22.4 Å². The number of rotatable bonds is 4. The van der Waals surface area contributed by atoms with Crippen LogP contribution < -0.4 is 19.5 Å². The van der Waals surface area contributed by atoms with Gasteiger partial charge in [-0.2, -0.15) is 0 Å². The highest BCUT2D eigenvalue weighted by atomic mass is 32.1. The number of fused-ring (bicyclic) bond motifs is 2. The third-order valence-corrected chi connectivity index (χ3v) is 5.27. The van der Waals surface area contributed by atoms with Crippen LogP contribution in [0.1, 0.15) is 0 Å². The van der Waals surface area contributed by atoms with Gasteiger partial charge >= 0.3 is 0 Å². The Balaban J connectivity index is 1.32. The third-order valence-electron chi connectivity index (χ3n) is 4.52. The number of nitrogens with one attached hydrogen (secondary N) is 1. The molecule has 1 aliphatic heterocycles. The molecule has 2 aromatic carbocycles. The topological polar surface area (TPSA) is 82.8 Å². The fourth-order valence-corrected chi connectivity index (χ4v) is 3.80. The molecule has 7 nitrogen and oxygen atoms in total. The molecule has 0 unspecified atom stereocenters. The number of benzene rings is 2. The summed E-state index contributed by atoms with van der Waals surface area (Å²) in [4.78, 5) is 17.0. The van der Waals surface area contributed by atoms with Gasteiger partial charge in [0.2, 0.25) is 6.10 Å². The number of carbonyl (C=O) groups is 1. The minimum atomic E-state index is -0.743. The van der Waals surface area contributed by atoms with Gasteiger partial charge in [-0.3, -0.25) is 10.1 Å². The van der Waals surface area contributed by atoms with Gasteiger partial charge in [-0.1, -0.05) is 24.3 Å². The molecule has 0 aliphatic carbocycles. The fraction of sp³-hybridized carbons (Fsp3) is 0.143. The molecule has 0 radical (unpaired) electrons. The maximum Gasteiger partial charge on any atom is 0.270 e. The number of amides is 1. The lowest BCUT2D eigenvalue weighted by atomic mass is 10.2. The van der Waals surface area contributed by atoms with E-state index in [0.717, 1.165) is 5.39 Å². The maximum atomic E-state index is 12.6. The fourth-order valence-electron chi connectivity index (χ4n) is 3.10. The zero-order valence-electron chi connectivity index (χ0n) is 15.4. The van der Waals surface area contributed by atoms with E-state index in [2.05, 4.69) is 10.3 Å². The van der Waals surface area contributed by atoms with E-state index in [1.807, 2.05) is 41.8 Å². The van der Waals surface area contributed by atoms with Crippen LogP contribution in [0.2, 0.25) is 0 Å². The molecule has 3 heterocycles. The molecule has 1 atom stereocenters. The summed E-state index contributed by atoms with van der Waals surface area (Å²) in [6, 6.07) is 14.8. The lowest BCUT2D eigenvalue weighted by Gasteiger charge is -2.25. The first-order chi connectivity index (χ1) is 14.2. The number of hydrogen-bond acceptors (Lipinski definition) is 7. The first kappa shape index (κ1) is 17.6. The molecule has 5 rings (SSSR count). The summed E-state index contributed by atoms with van der Waals surface area (Å²) in [6.45, 7) is 0.143. The van der Waals surface area contributed by atoms with Crippen molar-refractivity contribution in [2.75, 3.05) is 19.0 Å². The second kappa shape index (κ2) is 7.14. The highest BCUT2D eigenvalue weighted by molar-refractivity contribution is 7.14. The lowest BCUT2D eigenvalue weighted by molar-refractivity contribution is -0.125. The van der Waals surface area contributed by atoms with Crippen LogP contribution in [-0.4, -0.2) is 30.7 Å². The summed E-state index contributed by atoms with van der Waals surface area (Å²) >= 11 is 1.31. The first-order valence-corrected chi connectivity index (χ1v) is 9.81. The number of thiazole rings is 1. The minimum Gasteiger partial charge on any atom is -0.493 e. The van der Waals surface area contributed by atoms with Crippen molar-refractivity contribution in [2.24, 2.45) is 0 Å². The van der Waals surface area contributed by atoms with Crippen molar-refractivity contribution in [1.29, 1.82) is 0 Å². The molecule has 1 amide bonds. The number of hydrogen-bond donors (Lipinski definition) is 1. The molecule has 0 bridgehead atoms. The number of carbonyl (C=O) groups excluding carboxylic acids is 1. The normalized spacial score (nSPS) is 15.3. The van der Waals surface area contributed by atoms with E-state index in [0.29, 0.717) is 39.4 Å². The predicted molar refractivity (Wildman–Crippen MR) is 109 cm³/mol. The number of ether oxygens (including phenoxy) is 3. The summed E-state index contributed by atoms with van der Waals surface area (Å²) in [7, 11) is 1.60. The summed E-state index contributed by atoms with van der Waals surface area (Å²) in [5, 5.41) is 5.99. The van der Waals surface area contributed by atoms with Crippen LogP contribution in [0, 0.1) is 0 Å². The van der Waals surface area contributed by atoms with Crippen molar-refractivity contribution in [3.8, 4) is 28.7 Å². The highest BCUT2D eigenvalue weighted by Crippen LogP contribution is 2.35. The van der Waals surface area contributed by atoms with E-state index in [4.69, 9.17) is 18.6 Å². The van der Waals surface area contributed by atoms with Crippen molar-refractivity contribution in [3.05, 3.63) is 53.9 Å². The molecule has 29 heavy (non-hydrogen) atoms. The van der Waals surface area contributed by atoms with Gasteiger partial charge in [-0.05, 0) is 24.3 Å². The Morgan fingerprint density at radius 2 is 2.07 bits per heavy atom. The van der Waals surface area contributed by atoms with Crippen LogP contribution in [0.5, 0.6) is 17.2 Å². The molecule has 0 spiro atoms. The van der Waals surface area contributed by atoms with E-state index in [9.17, 15) is 4.79 Å². The summed E-state index contributed by atoms with van der Waals surface area (Å²) < 4.78 is 22.6. The predicted octanol–water partition coefficient (Wildman–Crippen LogP) is 4.34. The Morgan fingerprint density at radius 1 is 1.21 bits per heavy atom. The van der Waals surface area contributed by atoms with Crippen LogP contribution in [0.4, 0.5) is 5.13 Å². The van der Waals surface area contributed by atoms with Crippen LogP contribution in [0.3, 0.4) is 0 Å².